The topological polar surface area (TPSA) is 49.3 Å². The smallest absolute Gasteiger partial charge is 0.222 e. The van der Waals surface area contributed by atoms with Crippen molar-refractivity contribution in [2.24, 2.45) is 11.3 Å². The van der Waals surface area contributed by atoms with Gasteiger partial charge < -0.3 is 9.80 Å². The molecule has 1 aromatic heterocycles. The molecule has 5 heteroatoms. The zero-order valence-corrected chi connectivity index (χ0v) is 15.3. The first-order chi connectivity index (χ1) is 11.5. The summed E-state index contributed by atoms with van der Waals surface area (Å²) in [5.41, 5.74) is 1.23. The number of hydrogen-bond donors (Lipinski definition) is 0. The summed E-state index contributed by atoms with van der Waals surface area (Å²) in [6.07, 6.45) is 8.73. The number of carbonyl (C=O) groups excluding carboxylic acids is 1. The number of aryl methyl sites for hydroxylation is 1. The van der Waals surface area contributed by atoms with Crippen LogP contribution in [0.5, 0.6) is 0 Å². The third-order valence-corrected chi connectivity index (χ3v) is 5.54. The van der Waals surface area contributed by atoms with Gasteiger partial charge >= 0.3 is 0 Å². The van der Waals surface area contributed by atoms with Crippen molar-refractivity contribution in [2.45, 2.75) is 52.9 Å². The van der Waals surface area contributed by atoms with Crippen LogP contribution in [0.25, 0.3) is 0 Å². The van der Waals surface area contributed by atoms with E-state index in [-0.39, 0.29) is 5.41 Å². The van der Waals surface area contributed by atoms with Crippen molar-refractivity contribution < 1.29 is 4.79 Å². The van der Waals surface area contributed by atoms with Crippen LogP contribution in [0.3, 0.4) is 0 Å². The maximum absolute atomic E-state index is 12.3. The van der Waals surface area contributed by atoms with Crippen LogP contribution in [0.2, 0.25) is 0 Å². The van der Waals surface area contributed by atoms with E-state index in [0.29, 0.717) is 18.2 Å². The van der Waals surface area contributed by atoms with Crippen molar-refractivity contribution in [3.05, 3.63) is 18.1 Å². The average Bonchev–Trinajstić information content (AvgIpc) is 2.56. The Kier molecular flexibility index (Phi) is 5.07. The van der Waals surface area contributed by atoms with E-state index in [0.717, 1.165) is 50.5 Å². The highest BCUT2D eigenvalue weighted by atomic mass is 16.2. The molecule has 132 valence electrons. The van der Waals surface area contributed by atoms with E-state index in [1.165, 1.54) is 12.8 Å². The molecule has 0 bridgehead atoms. The van der Waals surface area contributed by atoms with Gasteiger partial charge in [0.1, 0.15) is 5.82 Å². The molecule has 0 saturated carbocycles. The van der Waals surface area contributed by atoms with E-state index >= 15 is 0 Å². The van der Waals surface area contributed by atoms with Gasteiger partial charge in [0.15, 0.2) is 0 Å². The monoisotopic (exact) mass is 330 g/mol. The number of likely N-dealkylation sites (tertiary alicyclic amines) is 1. The number of nitrogens with zero attached hydrogens (tertiary/aromatic N) is 4. The third kappa shape index (κ3) is 3.70. The molecule has 1 amide bonds. The Labute approximate surface area is 145 Å². The lowest BCUT2D eigenvalue weighted by Crippen LogP contribution is -2.54. The normalized spacial score (nSPS) is 24.9. The Balaban J connectivity index is 1.72. The second-order valence-electron chi connectivity index (χ2n) is 7.99. The molecule has 3 rings (SSSR count). The summed E-state index contributed by atoms with van der Waals surface area (Å²) in [6.45, 7) is 10.3. The average molecular weight is 330 g/mol. The first kappa shape index (κ1) is 17.2. The van der Waals surface area contributed by atoms with Gasteiger partial charge in [-0.2, -0.15) is 0 Å². The molecule has 1 aromatic rings. The third-order valence-electron chi connectivity index (χ3n) is 5.54. The lowest BCUT2D eigenvalue weighted by Gasteiger charge is -2.48. The van der Waals surface area contributed by atoms with Crippen LogP contribution in [0.1, 0.15) is 51.6 Å². The Hall–Kier alpha value is -1.65. The first-order valence-corrected chi connectivity index (χ1v) is 9.29. The van der Waals surface area contributed by atoms with E-state index in [1.807, 2.05) is 6.92 Å². The molecule has 0 aromatic carbocycles. The van der Waals surface area contributed by atoms with Crippen molar-refractivity contribution in [3.8, 4) is 0 Å². The molecule has 2 aliphatic heterocycles. The number of rotatable bonds is 4. The number of hydrogen-bond acceptors (Lipinski definition) is 4. The van der Waals surface area contributed by atoms with E-state index in [9.17, 15) is 4.79 Å². The summed E-state index contributed by atoms with van der Waals surface area (Å²) in [5, 5.41) is 0. The lowest BCUT2D eigenvalue weighted by atomic mass is 9.73. The Bertz CT molecular complexity index is 588. The minimum absolute atomic E-state index is 0.229. The summed E-state index contributed by atoms with van der Waals surface area (Å²) in [6, 6.07) is 0. The van der Waals surface area contributed by atoms with Crippen LogP contribution in [-0.4, -0.2) is 47.0 Å². The number of amides is 1. The molecule has 1 spiro atoms. The van der Waals surface area contributed by atoms with E-state index in [2.05, 4.69) is 33.6 Å². The number of carbonyl (C=O) groups is 1. The predicted octanol–water partition coefficient (Wildman–Crippen LogP) is 3.04. The van der Waals surface area contributed by atoms with Gasteiger partial charge in [0.05, 0.1) is 5.69 Å². The number of aromatic nitrogens is 2. The van der Waals surface area contributed by atoms with Crippen molar-refractivity contribution in [2.75, 3.05) is 31.1 Å². The van der Waals surface area contributed by atoms with Gasteiger partial charge in [-0.1, -0.05) is 13.8 Å². The quantitative estimate of drug-likeness (QED) is 0.851. The van der Waals surface area contributed by atoms with Gasteiger partial charge in [0.25, 0.3) is 0 Å². The number of anilines is 1. The molecule has 2 saturated heterocycles. The summed E-state index contributed by atoms with van der Waals surface area (Å²) in [7, 11) is 0. The molecule has 0 N–H and O–H groups in total. The molecular weight excluding hydrogens is 300 g/mol. The van der Waals surface area contributed by atoms with E-state index in [1.54, 1.807) is 12.4 Å². The molecule has 1 atom stereocenters. The zero-order valence-electron chi connectivity index (χ0n) is 15.3. The van der Waals surface area contributed by atoms with Crippen LogP contribution in [0.4, 0.5) is 5.82 Å². The summed E-state index contributed by atoms with van der Waals surface area (Å²) in [5.74, 6) is 2.00. The fourth-order valence-corrected chi connectivity index (χ4v) is 4.15. The van der Waals surface area contributed by atoms with E-state index in [4.69, 9.17) is 0 Å². The summed E-state index contributed by atoms with van der Waals surface area (Å²) in [4.78, 5) is 25.8. The SMILES string of the molecule is Cc1nccnc1N1CCC[C@]2(CCC(=O)N(CCC(C)C)C2)C1. The van der Waals surface area contributed by atoms with Gasteiger partial charge in [0.2, 0.25) is 5.91 Å². The Morgan fingerprint density at radius 2 is 2.00 bits per heavy atom. The highest BCUT2D eigenvalue weighted by molar-refractivity contribution is 5.77. The van der Waals surface area contributed by atoms with Crippen LogP contribution < -0.4 is 4.90 Å². The second kappa shape index (κ2) is 7.08. The molecule has 2 fully saturated rings. The van der Waals surface area contributed by atoms with E-state index < -0.39 is 0 Å². The maximum atomic E-state index is 12.3. The number of piperidine rings is 2. The van der Waals surface area contributed by atoms with Crippen LogP contribution >= 0.6 is 0 Å². The fourth-order valence-electron chi connectivity index (χ4n) is 4.15. The van der Waals surface area contributed by atoms with Crippen LogP contribution in [0, 0.1) is 18.3 Å². The molecule has 3 heterocycles. The van der Waals surface area contributed by atoms with Crippen LogP contribution in [0.15, 0.2) is 12.4 Å². The van der Waals surface area contributed by atoms with Gasteiger partial charge in [-0.15, -0.1) is 0 Å². The fraction of sp³-hybridized carbons (Fsp3) is 0.737. The van der Waals surface area contributed by atoms with Crippen molar-refractivity contribution in [1.29, 1.82) is 0 Å². The van der Waals surface area contributed by atoms with Gasteiger partial charge in [-0.25, -0.2) is 4.98 Å². The first-order valence-electron chi connectivity index (χ1n) is 9.29. The van der Waals surface area contributed by atoms with Crippen molar-refractivity contribution >= 4 is 11.7 Å². The lowest BCUT2D eigenvalue weighted by molar-refractivity contribution is -0.138. The molecule has 5 nitrogen and oxygen atoms in total. The Morgan fingerprint density at radius 3 is 2.75 bits per heavy atom. The maximum Gasteiger partial charge on any atom is 0.222 e. The standard InChI is InChI=1S/C19H30N4O/c1-15(2)6-12-22-13-19(8-5-17(22)24)7-4-11-23(14-19)18-16(3)20-9-10-21-18/h9-10,15H,4-8,11-14H2,1-3H3/t19-/m1/s1. The highest BCUT2D eigenvalue weighted by Crippen LogP contribution is 2.40. The van der Waals surface area contributed by atoms with Crippen molar-refractivity contribution in [3.63, 3.8) is 0 Å². The minimum Gasteiger partial charge on any atom is -0.354 e. The molecular formula is C19H30N4O. The van der Waals surface area contributed by atoms with Crippen molar-refractivity contribution in [1.82, 2.24) is 14.9 Å². The molecule has 0 unspecified atom stereocenters. The second-order valence-corrected chi connectivity index (χ2v) is 7.99. The van der Waals surface area contributed by atoms with Gasteiger partial charge in [-0.3, -0.25) is 9.78 Å². The zero-order chi connectivity index (χ0) is 17.2. The van der Waals surface area contributed by atoms with Gasteiger partial charge in [0, 0.05) is 50.4 Å². The van der Waals surface area contributed by atoms with Gasteiger partial charge in [-0.05, 0) is 38.5 Å². The van der Waals surface area contributed by atoms with Crippen LogP contribution in [-0.2, 0) is 4.79 Å². The molecule has 2 aliphatic rings. The largest absolute Gasteiger partial charge is 0.354 e. The molecule has 0 radical (unpaired) electrons. The summed E-state index contributed by atoms with van der Waals surface area (Å²) < 4.78 is 0. The minimum atomic E-state index is 0.229. The summed E-state index contributed by atoms with van der Waals surface area (Å²) >= 11 is 0. The predicted molar refractivity (Wildman–Crippen MR) is 95.9 cm³/mol. The molecule has 24 heavy (non-hydrogen) atoms. The highest BCUT2D eigenvalue weighted by Gasteiger charge is 2.42. The molecule has 0 aliphatic carbocycles. The Morgan fingerprint density at radius 1 is 1.21 bits per heavy atom.